The van der Waals surface area contributed by atoms with Crippen LogP contribution in [0.5, 0.6) is 0 Å². The van der Waals surface area contributed by atoms with E-state index in [1.807, 2.05) is 0 Å². The van der Waals surface area contributed by atoms with Crippen molar-refractivity contribution < 1.29 is 13.2 Å². The summed E-state index contributed by atoms with van der Waals surface area (Å²) >= 11 is 11.5. The van der Waals surface area contributed by atoms with E-state index in [2.05, 4.69) is 4.72 Å². The normalized spacial score (nSPS) is 12.0. The zero-order valence-corrected chi connectivity index (χ0v) is 13.9. The third-order valence-electron chi connectivity index (χ3n) is 2.83. The first-order valence-corrected chi connectivity index (χ1v) is 8.54. The van der Waals surface area contributed by atoms with E-state index in [9.17, 15) is 13.2 Å². The molecule has 0 aliphatic heterocycles. The summed E-state index contributed by atoms with van der Waals surface area (Å²) in [6, 6.07) is 14.0. The number of benzene rings is 2. The second kappa shape index (κ2) is 6.28. The minimum Gasteiger partial charge on any atom is -0.291 e. The first-order chi connectivity index (χ1) is 10.2. The molecule has 0 aliphatic carbocycles. The van der Waals surface area contributed by atoms with Crippen molar-refractivity contribution in [1.29, 1.82) is 0 Å². The molecule has 22 heavy (non-hydrogen) atoms. The largest absolute Gasteiger partial charge is 0.291 e. The van der Waals surface area contributed by atoms with E-state index in [4.69, 9.17) is 23.2 Å². The fourth-order valence-corrected chi connectivity index (χ4v) is 3.10. The second-order valence-corrected chi connectivity index (χ2v) is 8.10. The lowest BCUT2D eigenvalue weighted by Crippen LogP contribution is -2.22. The van der Waals surface area contributed by atoms with Crippen LogP contribution in [0.3, 0.4) is 0 Å². The third kappa shape index (κ3) is 4.00. The summed E-state index contributed by atoms with van der Waals surface area (Å²) in [6.45, 7) is 1.34. The minimum atomic E-state index is -3.80. The van der Waals surface area contributed by atoms with Gasteiger partial charge >= 0.3 is 0 Å². The van der Waals surface area contributed by atoms with Crippen LogP contribution >= 0.6 is 23.2 Å². The molecule has 2 aromatic carbocycles. The Hall–Kier alpha value is -1.56. The highest BCUT2D eigenvalue weighted by atomic mass is 35.5. The number of para-hydroxylation sites is 1. The Kier molecular flexibility index (Phi) is 4.80. The average molecular weight is 358 g/mol. The first kappa shape index (κ1) is 16.8. The van der Waals surface area contributed by atoms with E-state index in [0.29, 0.717) is 5.69 Å². The fourth-order valence-electron chi connectivity index (χ4n) is 1.78. The number of rotatable bonds is 5. The summed E-state index contributed by atoms with van der Waals surface area (Å²) in [5.41, 5.74) is 0.558. The molecule has 2 aromatic rings. The van der Waals surface area contributed by atoms with E-state index in [1.54, 1.807) is 30.3 Å². The molecule has 0 atom stereocenters. The van der Waals surface area contributed by atoms with Crippen LogP contribution < -0.4 is 4.72 Å². The number of sulfonamides is 1. The van der Waals surface area contributed by atoms with Gasteiger partial charge in [0, 0.05) is 11.3 Å². The van der Waals surface area contributed by atoms with Crippen molar-refractivity contribution in [2.24, 2.45) is 0 Å². The van der Waals surface area contributed by atoms with Crippen molar-refractivity contribution in [3.63, 3.8) is 0 Å². The Morgan fingerprint density at radius 2 is 1.68 bits per heavy atom. The van der Waals surface area contributed by atoms with Gasteiger partial charge < -0.3 is 0 Å². The molecule has 0 aliphatic rings. The molecule has 0 saturated carbocycles. The lowest BCUT2D eigenvalue weighted by atomic mass is 10.1. The number of alkyl halides is 2. The molecule has 0 amide bonds. The van der Waals surface area contributed by atoms with Crippen molar-refractivity contribution in [1.82, 2.24) is 0 Å². The average Bonchev–Trinajstić information content (AvgIpc) is 2.46. The van der Waals surface area contributed by atoms with E-state index in [-0.39, 0.29) is 10.5 Å². The van der Waals surface area contributed by atoms with Gasteiger partial charge in [0.15, 0.2) is 10.1 Å². The van der Waals surface area contributed by atoms with E-state index < -0.39 is 20.1 Å². The number of carbonyl (C=O) groups excluding carboxylic acids is 1. The molecule has 7 heteroatoms. The highest BCUT2D eigenvalue weighted by Crippen LogP contribution is 2.26. The van der Waals surface area contributed by atoms with Gasteiger partial charge in [-0.25, -0.2) is 8.42 Å². The maximum atomic E-state index is 12.3. The molecule has 2 rings (SSSR count). The van der Waals surface area contributed by atoms with Crippen LogP contribution in [0.1, 0.15) is 17.3 Å². The Bertz CT molecular complexity index is 784. The minimum absolute atomic E-state index is 0.0419. The van der Waals surface area contributed by atoms with E-state index >= 15 is 0 Å². The smallest absolute Gasteiger partial charge is 0.261 e. The van der Waals surface area contributed by atoms with Crippen LogP contribution in [-0.4, -0.2) is 18.5 Å². The van der Waals surface area contributed by atoms with Crippen LogP contribution in [0.4, 0.5) is 5.69 Å². The summed E-state index contributed by atoms with van der Waals surface area (Å²) in [6.07, 6.45) is 0. The maximum absolute atomic E-state index is 12.3. The van der Waals surface area contributed by atoms with Crippen molar-refractivity contribution in [2.75, 3.05) is 4.72 Å². The Morgan fingerprint density at radius 1 is 1.05 bits per heavy atom. The molecular weight excluding hydrogens is 345 g/mol. The highest BCUT2D eigenvalue weighted by Gasteiger charge is 2.29. The molecular formula is C15H13Cl2NO3S. The fraction of sp³-hybridized carbons (Fsp3) is 0.133. The van der Waals surface area contributed by atoms with Crippen molar-refractivity contribution in [3.05, 3.63) is 60.2 Å². The summed E-state index contributed by atoms with van der Waals surface area (Å²) in [7, 11) is -3.80. The molecule has 116 valence electrons. The number of nitrogens with one attached hydrogen (secondary N) is 1. The molecule has 0 fully saturated rings. The van der Waals surface area contributed by atoms with Gasteiger partial charge in [0.1, 0.15) is 0 Å². The number of ketones is 1. The van der Waals surface area contributed by atoms with Gasteiger partial charge in [0.25, 0.3) is 10.0 Å². The molecule has 0 radical (unpaired) electrons. The van der Waals surface area contributed by atoms with Gasteiger partial charge in [-0.3, -0.25) is 9.52 Å². The lowest BCUT2D eigenvalue weighted by Gasteiger charge is -2.13. The summed E-state index contributed by atoms with van der Waals surface area (Å²) < 4.78 is 25.5. The third-order valence-corrected chi connectivity index (χ3v) is 4.55. The zero-order chi connectivity index (χ0) is 16.4. The molecule has 1 N–H and O–H groups in total. The number of Topliss-reactive ketones (excluding diaryl/α,β-unsaturated/α-hetero) is 1. The molecule has 0 heterocycles. The maximum Gasteiger partial charge on any atom is 0.261 e. The topological polar surface area (TPSA) is 63.2 Å². The van der Waals surface area contributed by atoms with Crippen LogP contribution in [0.15, 0.2) is 59.5 Å². The van der Waals surface area contributed by atoms with Crippen LogP contribution in [0, 0.1) is 0 Å². The first-order valence-electron chi connectivity index (χ1n) is 6.31. The van der Waals surface area contributed by atoms with E-state index in [1.165, 1.54) is 31.2 Å². The van der Waals surface area contributed by atoms with Crippen molar-refractivity contribution in [3.8, 4) is 0 Å². The number of carbonyl (C=O) groups is 1. The van der Waals surface area contributed by atoms with Gasteiger partial charge in [0.2, 0.25) is 0 Å². The van der Waals surface area contributed by atoms with Crippen LogP contribution in [0.25, 0.3) is 0 Å². The molecule has 0 aromatic heterocycles. The predicted molar refractivity (Wildman–Crippen MR) is 88.1 cm³/mol. The molecule has 0 saturated heterocycles. The Morgan fingerprint density at radius 3 is 2.27 bits per heavy atom. The number of anilines is 1. The highest BCUT2D eigenvalue weighted by molar-refractivity contribution is 7.92. The SMILES string of the molecule is CC(Cl)(Cl)C(=O)c1cccc(S(=O)(=O)Nc2ccccc2)c1. The molecule has 0 bridgehead atoms. The van der Waals surface area contributed by atoms with Gasteiger partial charge in [-0.2, -0.15) is 0 Å². The van der Waals surface area contributed by atoms with Gasteiger partial charge in [-0.15, -0.1) is 0 Å². The summed E-state index contributed by atoms with van der Waals surface area (Å²) in [4.78, 5) is 12.0. The lowest BCUT2D eigenvalue weighted by molar-refractivity contribution is 0.0978. The molecule has 0 unspecified atom stereocenters. The van der Waals surface area contributed by atoms with Gasteiger partial charge in [-0.05, 0) is 31.2 Å². The van der Waals surface area contributed by atoms with Gasteiger partial charge in [0.05, 0.1) is 4.90 Å². The number of hydrogen-bond donors (Lipinski definition) is 1. The predicted octanol–water partition coefficient (Wildman–Crippen LogP) is 3.86. The quantitative estimate of drug-likeness (QED) is 0.652. The van der Waals surface area contributed by atoms with E-state index in [0.717, 1.165) is 0 Å². The van der Waals surface area contributed by atoms with Crippen molar-refractivity contribution >= 4 is 44.7 Å². The summed E-state index contributed by atoms with van der Waals surface area (Å²) in [5, 5.41) is 0. The number of halogens is 2. The Balaban J connectivity index is 2.35. The Labute approximate surface area is 139 Å². The monoisotopic (exact) mass is 357 g/mol. The zero-order valence-electron chi connectivity index (χ0n) is 11.6. The van der Waals surface area contributed by atoms with Gasteiger partial charge in [-0.1, -0.05) is 53.5 Å². The molecule has 4 nitrogen and oxygen atoms in total. The summed E-state index contributed by atoms with van der Waals surface area (Å²) in [5.74, 6) is -0.562. The van der Waals surface area contributed by atoms with Crippen LogP contribution in [0.2, 0.25) is 0 Å². The standard InChI is InChI=1S/C15H13Cl2NO3S/c1-15(16,17)14(19)11-6-5-9-13(10-11)22(20,21)18-12-7-3-2-4-8-12/h2-10,18H,1H3. The van der Waals surface area contributed by atoms with Crippen molar-refractivity contribution in [2.45, 2.75) is 16.2 Å². The molecule has 0 spiro atoms. The second-order valence-electron chi connectivity index (χ2n) is 4.72. The number of hydrogen-bond acceptors (Lipinski definition) is 3. The van der Waals surface area contributed by atoms with Crippen LogP contribution in [-0.2, 0) is 10.0 Å².